The summed E-state index contributed by atoms with van der Waals surface area (Å²) in [6, 6.07) is 0. The van der Waals surface area contributed by atoms with Gasteiger partial charge in [0.05, 0.1) is 6.20 Å². The number of aromatic amines is 1. The molecule has 0 atom stereocenters. The number of nitrogen functional groups attached to an aromatic ring is 1. The Morgan fingerprint density at radius 2 is 2.29 bits per heavy atom. The lowest BCUT2D eigenvalue weighted by Gasteiger charge is -2.17. The molecular formula is C9H16N4O. The smallest absolute Gasteiger partial charge is 0.225 e. The molecular weight excluding hydrogens is 180 g/mol. The van der Waals surface area contributed by atoms with E-state index in [1.165, 1.54) is 0 Å². The predicted octanol–water partition coefficient (Wildman–Crippen LogP) is 0.654. The highest BCUT2D eigenvalue weighted by atomic mass is 16.2. The maximum Gasteiger partial charge on any atom is 0.225 e. The fourth-order valence-corrected chi connectivity index (χ4v) is 0.903. The highest BCUT2D eigenvalue weighted by Crippen LogP contribution is 2.13. The minimum atomic E-state index is -0.376. The van der Waals surface area contributed by atoms with E-state index >= 15 is 0 Å². The molecule has 4 N–H and O–H groups in total. The van der Waals surface area contributed by atoms with Crippen molar-refractivity contribution in [1.29, 1.82) is 0 Å². The first-order chi connectivity index (χ1) is 6.41. The third-order valence-electron chi connectivity index (χ3n) is 1.87. The van der Waals surface area contributed by atoms with Crippen molar-refractivity contribution in [3.05, 3.63) is 11.8 Å². The van der Waals surface area contributed by atoms with E-state index in [1.807, 2.05) is 20.8 Å². The van der Waals surface area contributed by atoms with E-state index in [2.05, 4.69) is 15.5 Å². The van der Waals surface area contributed by atoms with E-state index in [0.717, 1.165) is 5.56 Å². The number of nitrogens with one attached hydrogen (secondary N) is 2. The Morgan fingerprint density at radius 3 is 2.71 bits per heavy atom. The lowest BCUT2D eigenvalue weighted by molar-refractivity contribution is -0.128. The summed E-state index contributed by atoms with van der Waals surface area (Å²) in [5, 5.41) is 9.16. The molecule has 0 unspecified atom stereocenters. The summed E-state index contributed by atoms with van der Waals surface area (Å²) in [6.45, 7) is 6.00. The van der Waals surface area contributed by atoms with Crippen molar-refractivity contribution in [1.82, 2.24) is 15.5 Å². The first-order valence-electron chi connectivity index (χ1n) is 4.47. The normalized spacial score (nSPS) is 11.4. The van der Waals surface area contributed by atoms with Crippen LogP contribution in [0.3, 0.4) is 0 Å². The second-order valence-electron chi connectivity index (χ2n) is 4.24. The zero-order chi connectivity index (χ0) is 10.8. The number of carbonyl (C=O) groups excluding carboxylic acids is 1. The van der Waals surface area contributed by atoms with Crippen LogP contribution in [0, 0.1) is 5.41 Å². The molecule has 5 nitrogen and oxygen atoms in total. The third kappa shape index (κ3) is 2.48. The number of aromatic nitrogens is 2. The SMILES string of the molecule is CC(C)(C)C(=O)NCc1cn[nH]c1N. The van der Waals surface area contributed by atoms with Gasteiger partial charge in [-0.05, 0) is 0 Å². The minimum absolute atomic E-state index is 0.00176. The van der Waals surface area contributed by atoms with Crippen molar-refractivity contribution in [2.45, 2.75) is 27.3 Å². The Balaban J connectivity index is 2.50. The summed E-state index contributed by atoms with van der Waals surface area (Å²) in [4.78, 5) is 11.5. The molecule has 1 heterocycles. The van der Waals surface area contributed by atoms with Gasteiger partial charge in [0.25, 0.3) is 0 Å². The number of carbonyl (C=O) groups is 1. The van der Waals surface area contributed by atoms with Crippen LogP contribution in [-0.2, 0) is 11.3 Å². The molecule has 14 heavy (non-hydrogen) atoms. The first-order valence-corrected chi connectivity index (χ1v) is 4.47. The minimum Gasteiger partial charge on any atom is -0.384 e. The van der Waals surface area contributed by atoms with Crippen LogP contribution in [0.2, 0.25) is 0 Å². The topological polar surface area (TPSA) is 83.8 Å². The van der Waals surface area contributed by atoms with Crippen LogP contribution in [0.5, 0.6) is 0 Å². The zero-order valence-electron chi connectivity index (χ0n) is 8.72. The fourth-order valence-electron chi connectivity index (χ4n) is 0.903. The summed E-state index contributed by atoms with van der Waals surface area (Å²) < 4.78 is 0. The van der Waals surface area contributed by atoms with Crippen molar-refractivity contribution >= 4 is 11.7 Å². The molecule has 0 radical (unpaired) electrons. The number of anilines is 1. The third-order valence-corrected chi connectivity index (χ3v) is 1.87. The van der Waals surface area contributed by atoms with E-state index in [-0.39, 0.29) is 11.3 Å². The van der Waals surface area contributed by atoms with Crippen molar-refractivity contribution in [2.75, 3.05) is 5.73 Å². The maximum atomic E-state index is 11.5. The number of hydrogen-bond donors (Lipinski definition) is 3. The molecule has 5 heteroatoms. The largest absolute Gasteiger partial charge is 0.384 e. The van der Waals surface area contributed by atoms with Gasteiger partial charge >= 0.3 is 0 Å². The summed E-state index contributed by atoms with van der Waals surface area (Å²) >= 11 is 0. The van der Waals surface area contributed by atoms with Crippen LogP contribution >= 0.6 is 0 Å². The lowest BCUT2D eigenvalue weighted by atomic mass is 9.96. The first kappa shape index (κ1) is 10.6. The van der Waals surface area contributed by atoms with E-state index < -0.39 is 0 Å². The monoisotopic (exact) mass is 196 g/mol. The van der Waals surface area contributed by atoms with E-state index in [0.29, 0.717) is 12.4 Å². The van der Waals surface area contributed by atoms with Crippen LogP contribution in [0.4, 0.5) is 5.82 Å². The standard InChI is InChI=1S/C9H16N4O/c1-9(2,3)8(14)11-4-6-5-12-13-7(6)10/h5H,4H2,1-3H3,(H,11,14)(H3,10,12,13). The van der Waals surface area contributed by atoms with Crippen molar-refractivity contribution in [3.63, 3.8) is 0 Å². The number of nitrogens with two attached hydrogens (primary N) is 1. The number of rotatable bonds is 2. The molecule has 0 fully saturated rings. The van der Waals surface area contributed by atoms with Gasteiger partial charge in [0.15, 0.2) is 0 Å². The molecule has 1 aromatic rings. The molecule has 0 aliphatic rings. The Morgan fingerprint density at radius 1 is 1.64 bits per heavy atom. The molecule has 0 spiro atoms. The van der Waals surface area contributed by atoms with Gasteiger partial charge in [0, 0.05) is 17.5 Å². The maximum absolute atomic E-state index is 11.5. The molecule has 0 saturated heterocycles. The van der Waals surface area contributed by atoms with Gasteiger partial charge < -0.3 is 11.1 Å². The van der Waals surface area contributed by atoms with Crippen molar-refractivity contribution < 1.29 is 4.79 Å². The average molecular weight is 196 g/mol. The zero-order valence-corrected chi connectivity index (χ0v) is 8.72. The fraction of sp³-hybridized carbons (Fsp3) is 0.556. The Labute approximate surface area is 83.1 Å². The molecule has 1 aromatic heterocycles. The van der Waals surface area contributed by atoms with Crippen LogP contribution in [0.25, 0.3) is 0 Å². The molecule has 0 aliphatic carbocycles. The van der Waals surface area contributed by atoms with Crippen LogP contribution in [0.15, 0.2) is 6.20 Å². The van der Waals surface area contributed by atoms with Gasteiger partial charge in [-0.3, -0.25) is 9.89 Å². The molecule has 0 aromatic carbocycles. The van der Waals surface area contributed by atoms with Gasteiger partial charge in [0.2, 0.25) is 5.91 Å². The summed E-state index contributed by atoms with van der Waals surface area (Å²) in [5.74, 6) is 0.498. The van der Waals surface area contributed by atoms with Crippen LogP contribution < -0.4 is 11.1 Å². The summed E-state index contributed by atoms with van der Waals surface area (Å²) in [7, 11) is 0. The molecule has 0 saturated carbocycles. The van der Waals surface area contributed by atoms with Crippen LogP contribution in [0.1, 0.15) is 26.3 Å². The number of amides is 1. The van der Waals surface area contributed by atoms with Gasteiger partial charge in [-0.15, -0.1) is 0 Å². The van der Waals surface area contributed by atoms with E-state index in [9.17, 15) is 4.79 Å². The molecule has 1 amide bonds. The van der Waals surface area contributed by atoms with Crippen molar-refractivity contribution in [3.8, 4) is 0 Å². The average Bonchev–Trinajstić information content (AvgIpc) is 2.45. The summed E-state index contributed by atoms with van der Waals surface area (Å²) in [5.41, 5.74) is 6.00. The van der Waals surface area contributed by atoms with Crippen molar-refractivity contribution in [2.24, 2.45) is 5.41 Å². The number of H-pyrrole nitrogens is 1. The number of nitrogens with zero attached hydrogens (tertiary/aromatic N) is 1. The van der Waals surface area contributed by atoms with Crippen LogP contribution in [-0.4, -0.2) is 16.1 Å². The molecule has 1 rings (SSSR count). The lowest BCUT2D eigenvalue weighted by Crippen LogP contribution is -2.34. The van der Waals surface area contributed by atoms with Gasteiger partial charge in [-0.2, -0.15) is 5.10 Å². The van der Waals surface area contributed by atoms with E-state index in [1.54, 1.807) is 6.20 Å². The summed E-state index contributed by atoms with van der Waals surface area (Å²) in [6.07, 6.45) is 1.61. The molecule has 0 bridgehead atoms. The highest BCUT2D eigenvalue weighted by Gasteiger charge is 2.20. The predicted molar refractivity (Wildman–Crippen MR) is 54.3 cm³/mol. The Bertz CT molecular complexity index is 324. The number of hydrogen-bond acceptors (Lipinski definition) is 3. The van der Waals surface area contributed by atoms with Gasteiger partial charge in [-0.25, -0.2) is 0 Å². The Hall–Kier alpha value is -1.52. The molecule has 78 valence electrons. The molecule has 0 aliphatic heterocycles. The quantitative estimate of drug-likeness (QED) is 0.649. The second-order valence-corrected chi connectivity index (χ2v) is 4.24. The highest BCUT2D eigenvalue weighted by molar-refractivity contribution is 5.81. The Kier molecular flexibility index (Phi) is 2.78. The van der Waals surface area contributed by atoms with Gasteiger partial charge in [-0.1, -0.05) is 20.8 Å². The van der Waals surface area contributed by atoms with Gasteiger partial charge in [0.1, 0.15) is 5.82 Å². The van der Waals surface area contributed by atoms with E-state index in [4.69, 9.17) is 5.73 Å². The second kappa shape index (κ2) is 3.69.